The first-order valence-corrected chi connectivity index (χ1v) is 7.27. The molecule has 3 N–H and O–H groups in total. The Hall–Kier alpha value is -2.00. The largest absolute Gasteiger partial charge is 0.495 e. The Balaban J connectivity index is 2.10. The van der Waals surface area contributed by atoms with Crippen LogP contribution in [0, 0.1) is 11.8 Å². The lowest BCUT2D eigenvalue weighted by molar-refractivity contribution is 0.103. The standard InChI is InChI=1S/C15H13ClN2O2S/c1-20-13-6-4-10(9-12(13)16)18-15(19)14-7-5-11(21-14)3-2-8-17/h4-7,9H,8,17H2,1H3,(H,18,19). The molecule has 1 aromatic heterocycles. The minimum Gasteiger partial charge on any atom is -0.495 e. The third-order valence-electron chi connectivity index (χ3n) is 2.55. The van der Waals surface area contributed by atoms with E-state index in [-0.39, 0.29) is 5.91 Å². The number of halogens is 1. The van der Waals surface area contributed by atoms with E-state index in [1.807, 2.05) is 0 Å². The zero-order chi connectivity index (χ0) is 15.2. The fourth-order valence-electron chi connectivity index (χ4n) is 1.60. The van der Waals surface area contributed by atoms with Crippen LogP contribution in [-0.4, -0.2) is 19.6 Å². The molecule has 0 radical (unpaired) electrons. The van der Waals surface area contributed by atoms with Gasteiger partial charge in [0.25, 0.3) is 5.91 Å². The Kier molecular flexibility index (Phi) is 5.23. The molecule has 0 bridgehead atoms. The maximum absolute atomic E-state index is 12.1. The molecule has 0 aliphatic carbocycles. The number of rotatable bonds is 3. The molecular weight excluding hydrogens is 308 g/mol. The predicted octanol–water partition coefficient (Wildman–Crippen LogP) is 2.97. The zero-order valence-corrected chi connectivity index (χ0v) is 12.8. The van der Waals surface area contributed by atoms with Crippen LogP contribution < -0.4 is 15.8 Å². The summed E-state index contributed by atoms with van der Waals surface area (Å²) in [5.74, 6) is 6.00. The molecule has 21 heavy (non-hydrogen) atoms. The maximum atomic E-state index is 12.1. The summed E-state index contributed by atoms with van der Waals surface area (Å²) in [5.41, 5.74) is 5.92. The summed E-state index contributed by atoms with van der Waals surface area (Å²) in [4.78, 5) is 13.5. The number of ether oxygens (including phenoxy) is 1. The van der Waals surface area contributed by atoms with Gasteiger partial charge in [0.1, 0.15) is 5.75 Å². The van der Waals surface area contributed by atoms with Crippen molar-refractivity contribution in [2.75, 3.05) is 19.0 Å². The van der Waals surface area contributed by atoms with E-state index in [0.717, 1.165) is 4.88 Å². The van der Waals surface area contributed by atoms with Crippen molar-refractivity contribution in [2.45, 2.75) is 0 Å². The molecule has 0 aliphatic heterocycles. The zero-order valence-electron chi connectivity index (χ0n) is 11.3. The first-order chi connectivity index (χ1) is 10.1. The normalized spacial score (nSPS) is 9.67. The number of nitrogens with two attached hydrogens (primary N) is 1. The number of carbonyl (C=O) groups is 1. The van der Waals surface area contributed by atoms with Gasteiger partial charge in [0.05, 0.1) is 28.4 Å². The lowest BCUT2D eigenvalue weighted by Gasteiger charge is -2.07. The molecule has 0 saturated heterocycles. The van der Waals surface area contributed by atoms with Crippen LogP contribution in [0.25, 0.3) is 0 Å². The molecule has 1 heterocycles. The Morgan fingerprint density at radius 3 is 2.90 bits per heavy atom. The molecule has 2 rings (SSSR count). The van der Waals surface area contributed by atoms with Crippen molar-refractivity contribution >= 4 is 34.5 Å². The second kappa shape index (κ2) is 7.14. The average molecular weight is 321 g/mol. The van der Waals surface area contributed by atoms with Crippen molar-refractivity contribution in [3.05, 3.63) is 45.1 Å². The minimum absolute atomic E-state index is 0.206. The molecule has 1 aromatic carbocycles. The number of hydrogen-bond donors (Lipinski definition) is 2. The molecule has 0 unspecified atom stereocenters. The predicted molar refractivity (Wildman–Crippen MR) is 86.2 cm³/mol. The van der Waals surface area contributed by atoms with Gasteiger partial charge in [0.15, 0.2) is 0 Å². The van der Waals surface area contributed by atoms with E-state index in [4.69, 9.17) is 22.1 Å². The number of amides is 1. The van der Waals surface area contributed by atoms with E-state index in [9.17, 15) is 4.79 Å². The SMILES string of the molecule is COc1ccc(NC(=O)c2ccc(C#CCN)s2)cc1Cl. The number of nitrogens with one attached hydrogen (secondary N) is 1. The van der Waals surface area contributed by atoms with Crippen molar-refractivity contribution in [1.82, 2.24) is 0 Å². The molecule has 0 atom stereocenters. The van der Waals surface area contributed by atoms with Crippen LogP contribution >= 0.6 is 22.9 Å². The molecule has 0 spiro atoms. The molecule has 2 aromatic rings. The third-order valence-corrected chi connectivity index (χ3v) is 3.85. The molecule has 0 saturated carbocycles. The van der Waals surface area contributed by atoms with Gasteiger partial charge in [0, 0.05) is 5.69 Å². The highest BCUT2D eigenvalue weighted by Gasteiger charge is 2.10. The van der Waals surface area contributed by atoms with Crippen molar-refractivity contribution < 1.29 is 9.53 Å². The monoisotopic (exact) mass is 320 g/mol. The number of anilines is 1. The van der Waals surface area contributed by atoms with Gasteiger partial charge in [-0.3, -0.25) is 4.79 Å². The number of methoxy groups -OCH3 is 1. The van der Waals surface area contributed by atoms with Crippen LogP contribution in [0.15, 0.2) is 30.3 Å². The second-order valence-electron chi connectivity index (χ2n) is 3.97. The summed E-state index contributed by atoms with van der Waals surface area (Å²) in [6.07, 6.45) is 0. The van der Waals surface area contributed by atoms with Crippen LogP contribution in [0.1, 0.15) is 14.5 Å². The molecule has 1 amide bonds. The van der Waals surface area contributed by atoms with Gasteiger partial charge in [-0.15, -0.1) is 11.3 Å². The first-order valence-electron chi connectivity index (χ1n) is 6.07. The lowest BCUT2D eigenvalue weighted by Crippen LogP contribution is -2.09. The number of hydrogen-bond acceptors (Lipinski definition) is 4. The molecule has 108 valence electrons. The number of thiophene rings is 1. The van der Waals surface area contributed by atoms with Crippen LogP contribution in [0.2, 0.25) is 5.02 Å². The summed E-state index contributed by atoms with van der Waals surface area (Å²) in [5, 5.41) is 3.22. The molecule has 4 nitrogen and oxygen atoms in total. The van der Waals surface area contributed by atoms with Gasteiger partial charge in [-0.25, -0.2) is 0 Å². The highest BCUT2D eigenvalue weighted by Crippen LogP contribution is 2.27. The molecule has 6 heteroatoms. The Morgan fingerprint density at radius 2 is 2.24 bits per heavy atom. The maximum Gasteiger partial charge on any atom is 0.265 e. The minimum atomic E-state index is -0.206. The van der Waals surface area contributed by atoms with Crippen LogP contribution in [-0.2, 0) is 0 Å². The van der Waals surface area contributed by atoms with E-state index in [0.29, 0.717) is 27.9 Å². The van der Waals surface area contributed by atoms with Crippen molar-refractivity contribution in [3.8, 4) is 17.6 Å². The van der Waals surface area contributed by atoms with Gasteiger partial charge in [-0.2, -0.15) is 0 Å². The van der Waals surface area contributed by atoms with E-state index < -0.39 is 0 Å². The van der Waals surface area contributed by atoms with Crippen molar-refractivity contribution in [2.24, 2.45) is 5.73 Å². The summed E-state index contributed by atoms with van der Waals surface area (Å²) in [6.45, 7) is 0.295. The fraction of sp³-hybridized carbons (Fsp3) is 0.133. The Bertz CT molecular complexity index is 716. The van der Waals surface area contributed by atoms with Crippen LogP contribution in [0.4, 0.5) is 5.69 Å². The van der Waals surface area contributed by atoms with Crippen LogP contribution in [0.5, 0.6) is 5.75 Å². The van der Waals surface area contributed by atoms with Gasteiger partial charge in [0.2, 0.25) is 0 Å². The fourth-order valence-corrected chi connectivity index (χ4v) is 2.64. The molecule has 0 aliphatic rings. The van der Waals surface area contributed by atoms with Crippen molar-refractivity contribution in [3.63, 3.8) is 0 Å². The Labute approximate surface area is 131 Å². The van der Waals surface area contributed by atoms with E-state index >= 15 is 0 Å². The van der Waals surface area contributed by atoms with E-state index in [2.05, 4.69) is 17.2 Å². The molecule has 0 fully saturated rings. The van der Waals surface area contributed by atoms with E-state index in [1.165, 1.54) is 18.4 Å². The van der Waals surface area contributed by atoms with Gasteiger partial charge in [-0.05, 0) is 30.3 Å². The summed E-state index contributed by atoms with van der Waals surface area (Å²) in [7, 11) is 1.54. The summed E-state index contributed by atoms with van der Waals surface area (Å²) >= 11 is 7.33. The average Bonchev–Trinajstić information content (AvgIpc) is 2.94. The van der Waals surface area contributed by atoms with E-state index in [1.54, 1.807) is 30.3 Å². The second-order valence-corrected chi connectivity index (χ2v) is 5.46. The highest BCUT2D eigenvalue weighted by molar-refractivity contribution is 7.14. The number of benzene rings is 1. The van der Waals surface area contributed by atoms with Gasteiger partial charge < -0.3 is 15.8 Å². The summed E-state index contributed by atoms with van der Waals surface area (Å²) in [6, 6.07) is 8.59. The van der Waals surface area contributed by atoms with Crippen LogP contribution in [0.3, 0.4) is 0 Å². The molecular formula is C15H13ClN2O2S. The quantitative estimate of drug-likeness (QED) is 0.855. The third kappa shape index (κ3) is 3.99. The van der Waals surface area contributed by atoms with Crippen molar-refractivity contribution in [1.29, 1.82) is 0 Å². The van der Waals surface area contributed by atoms with Gasteiger partial charge >= 0.3 is 0 Å². The topological polar surface area (TPSA) is 64.3 Å². The van der Waals surface area contributed by atoms with Gasteiger partial charge in [-0.1, -0.05) is 23.4 Å². The number of carbonyl (C=O) groups excluding carboxylic acids is 1. The smallest absolute Gasteiger partial charge is 0.265 e. The Morgan fingerprint density at radius 1 is 1.43 bits per heavy atom. The lowest BCUT2D eigenvalue weighted by atomic mass is 10.3. The highest BCUT2D eigenvalue weighted by atomic mass is 35.5. The summed E-state index contributed by atoms with van der Waals surface area (Å²) < 4.78 is 5.06. The first kappa shape index (κ1) is 15.4.